The number of rotatable bonds is 7. The van der Waals surface area contributed by atoms with Gasteiger partial charge < -0.3 is 18.6 Å². The minimum absolute atomic E-state index is 0.0851. The van der Waals surface area contributed by atoms with Crippen LogP contribution < -0.4 is 4.90 Å². The quantitative estimate of drug-likeness (QED) is 0.612. The number of carbonyl (C=O) groups is 1. The first kappa shape index (κ1) is 19.3. The number of furan rings is 2. The molecule has 3 aromatic rings. The van der Waals surface area contributed by atoms with Gasteiger partial charge in [0.05, 0.1) is 32.2 Å². The molecule has 3 heterocycles. The summed E-state index contributed by atoms with van der Waals surface area (Å²) >= 11 is 0. The van der Waals surface area contributed by atoms with Gasteiger partial charge in [-0.1, -0.05) is 0 Å². The molecule has 1 aliphatic rings. The van der Waals surface area contributed by atoms with Crippen molar-refractivity contribution >= 4 is 11.6 Å². The molecule has 2 aromatic heterocycles. The number of amides is 1. The van der Waals surface area contributed by atoms with E-state index in [-0.39, 0.29) is 18.3 Å². The molecule has 29 heavy (non-hydrogen) atoms. The van der Waals surface area contributed by atoms with E-state index in [0.29, 0.717) is 26.2 Å². The summed E-state index contributed by atoms with van der Waals surface area (Å²) in [5.74, 6) is 1.47. The van der Waals surface area contributed by atoms with Gasteiger partial charge in [-0.2, -0.15) is 0 Å². The molecule has 0 bridgehead atoms. The molecule has 4 rings (SSSR count). The fourth-order valence-electron chi connectivity index (χ4n) is 3.57. The van der Waals surface area contributed by atoms with Crippen LogP contribution >= 0.6 is 0 Å². The predicted octanol–water partition coefficient (Wildman–Crippen LogP) is 3.36. The third-order valence-corrected chi connectivity index (χ3v) is 5.10. The number of hydrogen-bond acceptors (Lipinski definition) is 5. The van der Waals surface area contributed by atoms with Crippen LogP contribution in [0.2, 0.25) is 0 Å². The number of anilines is 1. The lowest BCUT2D eigenvalue weighted by Crippen LogP contribution is -2.51. The van der Waals surface area contributed by atoms with Crippen LogP contribution in [0.5, 0.6) is 0 Å². The lowest BCUT2D eigenvalue weighted by molar-refractivity contribution is -0.133. The summed E-state index contributed by atoms with van der Waals surface area (Å²) < 4.78 is 24.0. The monoisotopic (exact) mass is 397 g/mol. The second-order valence-corrected chi connectivity index (χ2v) is 7.15. The van der Waals surface area contributed by atoms with Gasteiger partial charge in [-0.15, -0.1) is 0 Å². The molecular formula is C22H24FN3O3. The van der Waals surface area contributed by atoms with E-state index >= 15 is 0 Å². The van der Waals surface area contributed by atoms with E-state index in [2.05, 4.69) is 4.90 Å². The first-order valence-corrected chi connectivity index (χ1v) is 9.73. The highest BCUT2D eigenvalue weighted by Gasteiger charge is 2.24. The first-order valence-electron chi connectivity index (χ1n) is 9.73. The van der Waals surface area contributed by atoms with Gasteiger partial charge in [0.25, 0.3) is 0 Å². The van der Waals surface area contributed by atoms with Crippen LogP contribution in [0.4, 0.5) is 10.1 Å². The largest absolute Gasteiger partial charge is 0.468 e. The van der Waals surface area contributed by atoms with E-state index in [1.165, 1.54) is 12.1 Å². The zero-order valence-electron chi connectivity index (χ0n) is 16.2. The molecule has 1 aromatic carbocycles. The van der Waals surface area contributed by atoms with Crippen molar-refractivity contribution in [2.45, 2.75) is 13.1 Å². The summed E-state index contributed by atoms with van der Waals surface area (Å²) in [6, 6.07) is 14.0. The average molecular weight is 397 g/mol. The van der Waals surface area contributed by atoms with Gasteiger partial charge in [-0.25, -0.2) is 4.39 Å². The summed E-state index contributed by atoms with van der Waals surface area (Å²) in [4.78, 5) is 19.0. The zero-order chi connectivity index (χ0) is 20.1. The Labute approximate surface area is 169 Å². The van der Waals surface area contributed by atoms with Crippen LogP contribution in [-0.4, -0.2) is 48.4 Å². The van der Waals surface area contributed by atoms with Crippen LogP contribution in [0, 0.1) is 5.82 Å². The molecule has 6 nitrogen and oxygen atoms in total. The maximum Gasteiger partial charge on any atom is 0.236 e. The highest BCUT2D eigenvalue weighted by Crippen LogP contribution is 2.17. The number of nitrogens with zero attached hydrogens (tertiary/aromatic N) is 3. The Hall–Kier alpha value is -3.06. The number of hydrogen-bond donors (Lipinski definition) is 0. The van der Waals surface area contributed by atoms with E-state index in [0.717, 1.165) is 30.3 Å². The Morgan fingerprint density at radius 2 is 1.48 bits per heavy atom. The normalized spacial score (nSPS) is 14.6. The number of piperazine rings is 1. The Morgan fingerprint density at radius 1 is 0.897 bits per heavy atom. The molecule has 0 unspecified atom stereocenters. The van der Waals surface area contributed by atoms with Gasteiger partial charge in [0.1, 0.15) is 17.3 Å². The van der Waals surface area contributed by atoms with E-state index in [4.69, 9.17) is 8.83 Å². The van der Waals surface area contributed by atoms with Crippen molar-refractivity contribution in [2.24, 2.45) is 0 Å². The van der Waals surface area contributed by atoms with Gasteiger partial charge in [0.2, 0.25) is 5.91 Å². The summed E-state index contributed by atoms with van der Waals surface area (Å²) in [6.45, 7) is 4.11. The van der Waals surface area contributed by atoms with Crippen LogP contribution in [-0.2, 0) is 17.9 Å². The highest BCUT2D eigenvalue weighted by atomic mass is 19.1. The fourth-order valence-corrected chi connectivity index (χ4v) is 3.57. The molecule has 1 amide bonds. The molecule has 1 aliphatic heterocycles. The second-order valence-electron chi connectivity index (χ2n) is 7.15. The summed E-state index contributed by atoms with van der Waals surface area (Å²) in [7, 11) is 0. The second kappa shape index (κ2) is 8.96. The summed E-state index contributed by atoms with van der Waals surface area (Å²) in [5, 5.41) is 0. The van der Waals surface area contributed by atoms with Crippen molar-refractivity contribution in [2.75, 3.05) is 37.6 Å². The highest BCUT2D eigenvalue weighted by molar-refractivity contribution is 5.78. The van der Waals surface area contributed by atoms with Crippen molar-refractivity contribution in [3.8, 4) is 0 Å². The molecule has 0 spiro atoms. The molecule has 7 heteroatoms. The molecule has 1 fully saturated rings. The number of benzene rings is 1. The SMILES string of the molecule is O=C(CN(Cc1ccco1)Cc1ccco1)N1CCN(c2ccc(F)cc2)CC1. The third kappa shape index (κ3) is 5.06. The lowest BCUT2D eigenvalue weighted by atomic mass is 10.2. The molecule has 0 radical (unpaired) electrons. The smallest absolute Gasteiger partial charge is 0.236 e. The Balaban J connectivity index is 1.34. The minimum atomic E-state index is -0.240. The standard InChI is InChI=1S/C22H24FN3O3/c23-18-5-7-19(8-6-18)25-9-11-26(12-10-25)22(27)17-24(15-20-3-1-13-28-20)16-21-4-2-14-29-21/h1-8,13-14H,9-12,15-17H2. The molecule has 152 valence electrons. The van der Waals surface area contributed by atoms with Crippen molar-refractivity contribution in [3.05, 3.63) is 78.4 Å². The number of carbonyl (C=O) groups excluding carboxylic acids is 1. The topological polar surface area (TPSA) is 53.1 Å². The molecule has 0 aliphatic carbocycles. The third-order valence-electron chi connectivity index (χ3n) is 5.10. The van der Waals surface area contributed by atoms with Gasteiger partial charge in [0.15, 0.2) is 0 Å². The molecule has 0 saturated carbocycles. The first-order chi connectivity index (χ1) is 14.2. The minimum Gasteiger partial charge on any atom is -0.468 e. The number of halogens is 1. The van der Waals surface area contributed by atoms with Gasteiger partial charge in [-0.05, 0) is 48.5 Å². The molecule has 0 N–H and O–H groups in total. The van der Waals surface area contributed by atoms with Crippen LogP contribution in [0.15, 0.2) is 69.9 Å². The molecular weight excluding hydrogens is 373 g/mol. The van der Waals surface area contributed by atoms with E-state index < -0.39 is 0 Å². The average Bonchev–Trinajstić information content (AvgIpc) is 3.43. The molecule has 0 atom stereocenters. The van der Waals surface area contributed by atoms with Gasteiger partial charge >= 0.3 is 0 Å². The zero-order valence-corrected chi connectivity index (χ0v) is 16.2. The van der Waals surface area contributed by atoms with Crippen molar-refractivity contribution in [1.29, 1.82) is 0 Å². The summed E-state index contributed by atoms with van der Waals surface area (Å²) in [5.41, 5.74) is 0.982. The van der Waals surface area contributed by atoms with E-state index in [1.807, 2.05) is 34.1 Å². The lowest BCUT2D eigenvalue weighted by Gasteiger charge is -2.37. The van der Waals surface area contributed by atoms with Crippen LogP contribution in [0.3, 0.4) is 0 Å². The molecule has 1 saturated heterocycles. The van der Waals surface area contributed by atoms with Crippen LogP contribution in [0.1, 0.15) is 11.5 Å². The van der Waals surface area contributed by atoms with Crippen molar-refractivity contribution in [3.63, 3.8) is 0 Å². The fraction of sp³-hybridized carbons (Fsp3) is 0.318. The van der Waals surface area contributed by atoms with Crippen molar-refractivity contribution in [1.82, 2.24) is 9.80 Å². The maximum atomic E-state index is 13.1. The van der Waals surface area contributed by atoms with Gasteiger partial charge in [-0.3, -0.25) is 9.69 Å². The van der Waals surface area contributed by atoms with E-state index in [1.54, 1.807) is 24.7 Å². The maximum absolute atomic E-state index is 13.1. The van der Waals surface area contributed by atoms with Crippen LogP contribution in [0.25, 0.3) is 0 Å². The van der Waals surface area contributed by atoms with E-state index in [9.17, 15) is 9.18 Å². The van der Waals surface area contributed by atoms with Gasteiger partial charge in [0, 0.05) is 31.9 Å². The summed E-state index contributed by atoms with van der Waals surface area (Å²) in [6.07, 6.45) is 3.27. The Bertz CT molecular complexity index is 850. The van der Waals surface area contributed by atoms with Crippen molar-refractivity contribution < 1.29 is 18.0 Å². The Kier molecular flexibility index (Phi) is 5.95. The predicted molar refractivity (Wildman–Crippen MR) is 107 cm³/mol. The Morgan fingerprint density at radius 3 is 2.00 bits per heavy atom.